The molecule has 0 aromatic rings. The van der Waals surface area contributed by atoms with Gasteiger partial charge in [0.15, 0.2) is 9.84 Å². The smallest absolute Gasteiger partial charge is 0.154 e. The predicted molar refractivity (Wildman–Crippen MR) is 56.4 cm³/mol. The Morgan fingerprint density at radius 2 is 1.69 bits per heavy atom. The SMILES string of the molecule is CCC(CC)CS(=O)(=O)C(C)CN. The number of rotatable bonds is 6. The highest BCUT2D eigenvalue weighted by Gasteiger charge is 2.22. The molecule has 3 nitrogen and oxygen atoms in total. The van der Waals surface area contributed by atoms with Crippen molar-refractivity contribution in [1.29, 1.82) is 0 Å². The highest BCUT2D eigenvalue weighted by Crippen LogP contribution is 2.13. The quantitative estimate of drug-likeness (QED) is 0.711. The first-order valence-corrected chi connectivity index (χ1v) is 6.61. The van der Waals surface area contributed by atoms with Gasteiger partial charge in [-0.05, 0) is 12.8 Å². The lowest BCUT2D eigenvalue weighted by Crippen LogP contribution is -2.31. The zero-order chi connectivity index (χ0) is 10.5. The lowest BCUT2D eigenvalue weighted by atomic mass is 10.1. The van der Waals surface area contributed by atoms with Crippen molar-refractivity contribution in [3.8, 4) is 0 Å². The van der Waals surface area contributed by atoms with Gasteiger partial charge in [-0.2, -0.15) is 0 Å². The summed E-state index contributed by atoms with van der Waals surface area (Å²) in [7, 11) is -2.96. The van der Waals surface area contributed by atoms with E-state index in [9.17, 15) is 8.42 Å². The van der Waals surface area contributed by atoms with Crippen molar-refractivity contribution >= 4 is 9.84 Å². The summed E-state index contributed by atoms with van der Waals surface area (Å²) in [6, 6.07) is 0. The zero-order valence-corrected chi connectivity index (χ0v) is 9.60. The number of hydrogen-bond donors (Lipinski definition) is 1. The molecule has 0 aliphatic heterocycles. The second kappa shape index (κ2) is 5.60. The van der Waals surface area contributed by atoms with Crippen LogP contribution >= 0.6 is 0 Å². The van der Waals surface area contributed by atoms with Crippen molar-refractivity contribution in [2.45, 2.75) is 38.9 Å². The van der Waals surface area contributed by atoms with E-state index in [2.05, 4.69) is 0 Å². The number of hydrogen-bond acceptors (Lipinski definition) is 3. The van der Waals surface area contributed by atoms with Crippen LogP contribution in [-0.4, -0.2) is 26.0 Å². The van der Waals surface area contributed by atoms with Crippen LogP contribution in [0.3, 0.4) is 0 Å². The molecule has 2 N–H and O–H groups in total. The first-order chi connectivity index (χ1) is 5.97. The Morgan fingerprint density at radius 1 is 1.23 bits per heavy atom. The Kier molecular flexibility index (Phi) is 5.56. The number of sulfone groups is 1. The Morgan fingerprint density at radius 3 is 2.00 bits per heavy atom. The molecule has 0 aliphatic rings. The van der Waals surface area contributed by atoms with Gasteiger partial charge in [0.2, 0.25) is 0 Å². The maximum absolute atomic E-state index is 11.6. The molecule has 0 saturated carbocycles. The summed E-state index contributed by atoms with van der Waals surface area (Å²) in [5, 5.41) is -0.395. The summed E-state index contributed by atoms with van der Waals surface area (Å²) in [5.74, 6) is 0.581. The van der Waals surface area contributed by atoms with Crippen molar-refractivity contribution in [1.82, 2.24) is 0 Å². The van der Waals surface area contributed by atoms with Gasteiger partial charge in [0, 0.05) is 6.54 Å². The monoisotopic (exact) mass is 207 g/mol. The molecule has 0 aliphatic carbocycles. The summed E-state index contributed by atoms with van der Waals surface area (Å²) in [6.45, 7) is 5.95. The fourth-order valence-electron chi connectivity index (χ4n) is 1.16. The number of nitrogens with two attached hydrogens (primary N) is 1. The van der Waals surface area contributed by atoms with E-state index in [1.165, 1.54) is 0 Å². The maximum Gasteiger partial charge on any atom is 0.154 e. The minimum atomic E-state index is -2.96. The highest BCUT2D eigenvalue weighted by atomic mass is 32.2. The fraction of sp³-hybridized carbons (Fsp3) is 1.00. The van der Waals surface area contributed by atoms with E-state index in [-0.39, 0.29) is 6.54 Å². The van der Waals surface area contributed by atoms with E-state index in [1.807, 2.05) is 13.8 Å². The van der Waals surface area contributed by atoms with Crippen LogP contribution in [-0.2, 0) is 9.84 Å². The molecule has 1 unspecified atom stereocenters. The first-order valence-electron chi connectivity index (χ1n) is 4.89. The normalized spacial score (nSPS) is 14.8. The molecule has 0 rings (SSSR count). The van der Waals surface area contributed by atoms with E-state index in [0.717, 1.165) is 12.8 Å². The van der Waals surface area contributed by atoms with Crippen LogP contribution in [0, 0.1) is 5.92 Å². The predicted octanol–water partition coefficient (Wildman–Crippen LogP) is 1.18. The van der Waals surface area contributed by atoms with Gasteiger partial charge in [-0.1, -0.05) is 26.7 Å². The minimum Gasteiger partial charge on any atom is -0.329 e. The van der Waals surface area contributed by atoms with Crippen molar-refractivity contribution in [3.05, 3.63) is 0 Å². The minimum absolute atomic E-state index is 0.225. The summed E-state index contributed by atoms with van der Waals surface area (Å²) in [4.78, 5) is 0. The van der Waals surface area contributed by atoms with Crippen LogP contribution in [0.15, 0.2) is 0 Å². The Bertz CT molecular complexity index is 220. The van der Waals surface area contributed by atoms with Crippen LogP contribution in [0.4, 0.5) is 0 Å². The summed E-state index contributed by atoms with van der Waals surface area (Å²) < 4.78 is 23.2. The van der Waals surface area contributed by atoms with Crippen molar-refractivity contribution < 1.29 is 8.42 Å². The molecular weight excluding hydrogens is 186 g/mol. The highest BCUT2D eigenvalue weighted by molar-refractivity contribution is 7.92. The molecule has 0 radical (unpaired) electrons. The lowest BCUT2D eigenvalue weighted by Gasteiger charge is -2.16. The molecule has 0 heterocycles. The molecular formula is C9H21NO2S. The van der Waals surface area contributed by atoms with Crippen LogP contribution < -0.4 is 5.73 Å². The largest absolute Gasteiger partial charge is 0.329 e. The second-order valence-corrected chi connectivity index (χ2v) is 6.02. The molecule has 0 saturated heterocycles. The topological polar surface area (TPSA) is 60.2 Å². The Hall–Kier alpha value is -0.0900. The summed E-state index contributed by atoms with van der Waals surface area (Å²) in [6.07, 6.45) is 1.85. The van der Waals surface area contributed by atoms with Gasteiger partial charge in [-0.3, -0.25) is 0 Å². The van der Waals surface area contributed by atoms with Gasteiger partial charge in [0.25, 0.3) is 0 Å². The molecule has 0 amide bonds. The van der Waals surface area contributed by atoms with Gasteiger partial charge in [0.1, 0.15) is 0 Å². The first kappa shape index (κ1) is 12.9. The molecule has 0 aromatic carbocycles. The molecule has 13 heavy (non-hydrogen) atoms. The van der Waals surface area contributed by atoms with Crippen LogP contribution in [0.2, 0.25) is 0 Å². The summed E-state index contributed by atoms with van der Waals surface area (Å²) >= 11 is 0. The summed E-state index contributed by atoms with van der Waals surface area (Å²) in [5.41, 5.74) is 5.34. The molecule has 0 bridgehead atoms. The standard InChI is InChI=1S/C9H21NO2S/c1-4-9(5-2)7-13(11,12)8(3)6-10/h8-9H,4-7,10H2,1-3H3. The zero-order valence-electron chi connectivity index (χ0n) is 8.79. The third-order valence-corrected chi connectivity index (χ3v) is 4.92. The van der Waals surface area contributed by atoms with Gasteiger partial charge in [-0.25, -0.2) is 8.42 Å². The third-order valence-electron chi connectivity index (χ3n) is 2.57. The fourth-order valence-corrected chi connectivity index (χ4v) is 2.91. The average Bonchev–Trinajstić information content (AvgIpc) is 2.12. The molecule has 0 spiro atoms. The molecule has 1 atom stereocenters. The van der Waals surface area contributed by atoms with Gasteiger partial charge < -0.3 is 5.73 Å². The van der Waals surface area contributed by atoms with Crippen LogP contribution in [0.5, 0.6) is 0 Å². The molecule has 4 heteroatoms. The lowest BCUT2D eigenvalue weighted by molar-refractivity contribution is 0.518. The van der Waals surface area contributed by atoms with E-state index in [1.54, 1.807) is 6.92 Å². The van der Waals surface area contributed by atoms with Crippen molar-refractivity contribution in [3.63, 3.8) is 0 Å². The van der Waals surface area contributed by atoms with Crippen LogP contribution in [0.1, 0.15) is 33.6 Å². The Labute approximate surface area is 81.6 Å². The molecule has 0 aromatic heterocycles. The van der Waals surface area contributed by atoms with Gasteiger partial charge >= 0.3 is 0 Å². The van der Waals surface area contributed by atoms with E-state index in [4.69, 9.17) is 5.73 Å². The molecule has 80 valence electrons. The van der Waals surface area contributed by atoms with E-state index < -0.39 is 15.1 Å². The van der Waals surface area contributed by atoms with Crippen molar-refractivity contribution in [2.75, 3.05) is 12.3 Å². The van der Waals surface area contributed by atoms with E-state index in [0.29, 0.717) is 11.7 Å². The third kappa shape index (κ3) is 4.09. The van der Waals surface area contributed by atoms with E-state index >= 15 is 0 Å². The second-order valence-electron chi connectivity index (χ2n) is 3.56. The maximum atomic E-state index is 11.6. The average molecular weight is 207 g/mol. The Balaban J connectivity index is 4.32. The van der Waals surface area contributed by atoms with Crippen molar-refractivity contribution in [2.24, 2.45) is 11.7 Å². The molecule has 0 fully saturated rings. The van der Waals surface area contributed by atoms with Gasteiger partial charge in [-0.15, -0.1) is 0 Å². The van der Waals surface area contributed by atoms with Crippen LogP contribution in [0.25, 0.3) is 0 Å². The van der Waals surface area contributed by atoms with Gasteiger partial charge in [0.05, 0.1) is 11.0 Å².